The molecule has 0 radical (unpaired) electrons. The summed E-state index contributed by atoms with van der Waals surface area (Å²) in [7, 11) is 1.18. The predicted octanol–water partition coefficient (Wildman–Crippen LogP) is 4.07. The van der Waals surface area contributed by atoms with Crippen LogP contribution in [0, 0.1) is 12.3 Å². The number of aryl methyl sites for hydroxylation is 1. The van der Waals surface area contributed by atoms with Crippen molar-refractivity contribution < 1.29 is 18.0 Å². The van der Waals surface area contributed by atoms with Gasteiger partial charge in [-0.2, -0.15) is 4.39 Å². The third-order valence-corrected chi connectivity index (χ3v) is 4.63. The lowest BCUT2D eigenvalue weighted by atomic mass is 9.97. The highest BCUT2D eigenvalue weighted by atomic mass is 19.3. The van der Waals surface area contributed by atoms with Crippen molar-refractivity contribution >= 4 is 17.2 Å². The van der Waals surface area contributed by atoms with E-state index in [1.807, 2.05) is 31.2 Å². The second-order valence-corrected chi connectivity index (χ2v) is 6.67. The van der Waals surface area contributed by atoms with Gasteiger partial charge in [-0.15, -0.1) is 0 Å². The maximum Gasteiger partial charge on any atom is 0.280 e. The van der Waals surface area contributed by atoms with E-state index in [-0.39, 0.29) is 6.04 Å². The Morgan fingerprint density at radius 1 is 1.37 bits per heavy atom. The maximum absolute atomic E-state index is 14.2. The van der Waals surface area contributed by atoms with Crippen LogP contribution in [0.4, 0.5) is 13.2 Å². The van der Waals surface area contributed by atoms with Crippen LogP contribution in [0.2, 0.25) is 0 Å². The molecule has 1 amide bonds. The third-order valence-electron chi connectivity index (χ3n) is 4.63. The monoisotopic (exact) mass is 379 g/mol. The molecule has 1 atom stereocenters. The average Bonchev–Trinajstić information content (AvgIpc) is 3.45. The molecule has 4 nitrogen and oxygen atoms in total. The summed E-state index contributed by atoms with van der Waals surface area (Å²) in [5.74, 6) is -2.15. The second-order valence-electron chi connectivity index (χ2n) is 6.67. The Bertz CT molecular complexity index is 784. The molecule has 0 heterocycles. The standard InChI is InChI=1S/C20H24F3N3O/c1-11-6-5-7-14(10-11)12(2)13(3)26(15-8-9-15)20(27)16(19(23)25-4)17(24)18(21)22/h5-7,10,13,15,18,24-25H,2,8-9H2,1,3-4H3/b19-16+,24-17?. The Labute approximate surface area is 157 Å². The molecule has 0 spiro atoms. The number of nitrogens with zero attached hydrogens (tertiary/aromatic N) is 1. The summed E-state index contributed by atoms with van der Waals surface area (Å²) in [5.41, 5.74) is 0.219. The van der Waals surface area contributed by atoms with Gasteiger partial charge in [-0.05, 0) is 37.8 Å². The topological polar surface area (TPSA) is 56.2 Å². The molecule has 27 heavy (non-hydrogen) atoms. The zero-order chi connectivity index (χ0) is 20.3. The van der Waals surface area contributed by atoms with Crippen LogP contribution in [0.1, 0.15) is 30.9 Å². The quantitative estimate of drug-likeness (QED) is 0.406. The molecule has 2 rings (SSSR count). The van der Waals surface area contributed by atoms with Crippen LogP contribution in [0.3, 0.4) is 0 Å². The van der Waals surface area contributed by atoms with E-state index in [1.54, 1.807) is 6.92 Å². The van der Waals surface area contributed by atoms with Gasteiger partial charge in [0.15, 0.2) is 0 Å². The summed E-state index contributed by atoms with van der Waals surface area (Å²) in [4.78, 5) is 14.4. The Kier molecular flexibility index (Phi) is 6.46. The van der Waals surface area contributed by atoms with Crippen LogP contribution in [0.15, 0.2) is 42.4 Å². The van der Waals surface area contributed by atoms with Crippen molar-refractivity contribution in [1.29, 1.82) is 5.41 Å². The van der Waals surface area contributed by atoms with Gasteiger partial charge in [-0.25, -0.2) is 8.78 Å². The van der Waals surface area contributed by atoms with Gasteiger partial charge in [0.1, 0.15) is 11.3 Å². The number of hydrogen-bond donors (Lipinski definition) is 2. The number of nitrogens with one attached hydrogen (secondary N) is 2. The van der Waals surface area contributed by atoms with Crippen molar-refractivity contribution in [3.05, 3.63) is 53.5 Å². The van der Waals surface area contributed by atoms with Gasteiger partial charge in [0.25, 0.3) is 12.3 Å². The first-order chi connectivity index (χ1) is 12.7. The van der Waals surface area contributed by atoms with Crippen LogP contribution in [0.25, 0.3) is 5.57 Å². The van der Waals surface area contributed by atoms with Gasteiger partial charge in [0.05, 0.1) is 6.04 Å². The zero-order valence-corrected chi connectivity index (χ0v) is 15.7. The Morgan fingerprint density at radius 2 is 2.00 bits per heavy atom. The van der Waals surface area contributed by atoms with Crippen LogP contribution in [0.5, 0.6) is 0 Å². The van der Waals surface area contributed by atoms with Crippen molar-refractivity contribution in [2.45, 2.75) is 45.2 Å². The summed E-state index contributed by atoms with van der Waals surface area (Å²) in [6.07, 6.45) is -1.85. The number of amides is 1. The number of rotatable bonds is 8. The summed E-state index contributed by atoms with van der Waals surface area (Å²) >= 11 is 0. The highest BCUT2D eigenvalue weighted by Crippen LogP contribution is 2.34. The van der Waals surface area contributed by atoms with E-state index < -0.39 is 35.6 Å². The van der Waals surface area contributed by atoms with Gasteiger partial charge >= 0.3 is 0 Å². The number of benzene rings is 1. The van der Waals surface area contributed by atoms with E-state index in [4.69, 9.17) is 5.41 Å². The molecular formula is C20H24F3N3O. The first-order valence-electron chi connectivity index (χ1n) is 8.72. The van der Waals surface area contributed by atoms with E-state index in [0.717, 1.165) is 11.1 Å². The predicted molar refractivity (Wildman–Crippen MR) is 100 cm³/mol. The van der Waals surface area contributed by atoms with Crippen molar-refractivity contribution in [2.75, 3.05) is 7.05 Å². The molecule has 2 N–H and O–H groups in total. The molecule has 1 aliphatic carbocycles. The van der Waals surface area contributed by atoms with Gasteiger partial charge in [0.2, 0.25) is 5.95 Å². The molecule has 0 aromatic heterocycles. The van der Waals surface area contributed by atoms with Crippen molar-refractivity contribution in [3.8, 4) is 0 Å². The minimum atomic E-state index is -3.25. The second kappa shape index (κ2) is 8.41. The van der Waals surface area contributed by atoms with Crippen molar-refractivity contribution in [1.82, 2.24) is 10.2 Å². The molecule has 146 valence electrons. The molecule has 1 unspecified atom stereocenters. The van der Waals surface area contributed by atoms with Crippen LogP contribution in [-0.2, 0) is 4.79 Å². The van der Waals surface area contributed by atoms with Gasteiger partial charge in [0, 0.05) is 13.1 Å². The first-order valence-corrected chi connectivity index (χ1v) is 8.72. The molecule has 1 aromatic rings. The molecule has 1 aliphatic rings. The maximum atomic E-state index is 14.2. The normalized spacial score (nSPS) is 15.8. The number of carbonyl (C=O) groups is 1. The zero-order valence-electron chi connectivity index (χ0n) is 15.7. The van der Waals surface area contributed by atoms with E-state index >= 15 is 0 Å². The highest BCUT2D eigenvalue weighted by molar-refractivity contribution is 6.22. The average molecular weight is 379 g/mol. The van der Waals surface area contributed by atoms with Crippen LogP contribution < -0.4 is 5.32 Å². The fraction of sp³-hybridized carbons (Fsp3) is 0.400. The molecule has 0 saturated heterocycles. The van der Waals surface area contributed by atoms with Gasteiger partial charge < -0.3 is 10.2 Å². The van der Waals surface area contributed by atoms with Crippen LogP contribution in [-0.4, -0.2) is 42.1 Å². The van der Waals surface area contributed by atoms with Crippen LogP contribution >= 0.6 is 0 Å². The van der Waals surface area contributed by atoms with E-state index in [1.165, 1.54) is 11.9 Å². The third kappa shape index (κ3) is 4.59. The Morgan fingerprint density at radius 3 is 2.48 bits per heavy atom. The molecule has 7 heteroatoms. The largest absolute Gasteiger partial charge is 0.364 e. The number of carbonyl (C=O) groups excluding carboxylic acids is 1. The van der Waals surface area contributed by atoms with Crippen molar-refractivity contribution in [3.63, 3.8) is 0 Å². The summed E-state index contributed by atoms with van der Waals surface area (Å²) in [5, 5.41) is 9.57. The molecule has 1 saturated carbocycles. The highest BCUT2D eigenvalue weighted by Gasteiger charge is 2.41. The molecule has 0 aliphatic heterocycles. The van der Waals surface area contributed by atoms with Gasteiger partial charge in [-0.3, -0.25) is 10.2 Å². The lowest BCUT2D eigenvalue weighted by Gasteiger charge is -2.32. The lowest BCUT2D eigenvalue weighted by molar-refractivity contribution is -0.128. The first kappa shape index (κ1) is 20.7. The van der Waals surface area contributed by atoms with Gasteiger partial charge in [-0.1, -0.05) is 36.4 Å². The number of hydrogen-bond acceptors (Lipinski definition) is 3. The lowest BCUT2D eigenvalue weighted by Crippen LogP contribution is -2.44. The number of halogens is 3. The molecular weight excluding hydrogens is 355 g/mol. The van der Waals surface area contributed by atoms with E-state index in [0.29, 0.717) is 18.4 Å². The van der Waals surface area contributed by atoms with Crippen molar-refractivity contribution in [2.24, 2.45) is 0 Å². The SMILES string of the molecule is C=C(c1cccc(C)c1)C(C)N(C(=O)/C(C(=N)C(F)F)=C(\F)NC)C1CC1. The van der Waals surface area contributed by atoms with E-state index in [9.17, 15) is 18.0 Å². The summed E-state index contributed by atoms with van der Waals surface area (Å²) in [6, 6.07) is 6.85. The molecule has 0 bridgehead atoms. The summed E-state index contributed by atoms with van der Waals surface area (Å²) < 4.78 is 40.3. The van der Waals surface area contributed by atoms with E-state index in [2.05, 4.69) is 11.9 Å². The Hall–Kier alpha value is -2.57. The fourth-order valence-corrected chi connectivity index (χ4v) is 2.96. The minimum Gasteiger partial charge on any atom is -0.364 e. The fourth-order valence-electron chi connectivity index (χ4n) is 2.96. The number of alkyl halides is 2. The molecule has 1 aromatic carbocycles. The minimum absolute atomic E-state index is 0.181. The molecule has 1 fully saturated rings. The summed E-state index contributed by atoms with van der Waals surface area (Å²) in [6.45, 7) is 7.73. The Balaban J connectivity index is 2.39. The smallest absolute Gasteiger partial charge is 0.280 e.